The van der Waals surface area contributed by atoms with Gasteiger partial charge in [-0.05, 0) is 30.5 Å². The molecular formula is C22H26N4O4S. The van der Waals surface area contributed by atoms with Crippen molar-refractivity contribution in [3.8, 4) is 5.75 Å². The van der Waals surface area contributed by atoms with Crippen LogP contribution in [0, 0.1) is 6.92 Å². The van der Waals surface area contributed by atoms with Crippen molar-refractivity contribution in [1.82, 2.24) is 15.3 Å². The summed E-state index contributed by atoms with van der Waals surface area (Å²) in [5.74, 6) is 1.47. The lowest BCUT2D eigenvalue weighted by atomic mass is 10.1. The smallest absolute Gasteiger partial charge is 0.261 e. The summed E-state index contributed by atoms with van der Waals surface area (Å²) in [6, 6.07) is 7.96. The van der Waals surface area contributed by atoms with Gasteiger partial charge in [0.1, 0.15) is 22.7 Å². The number of amides is 1. The topological polar surface area (TPSA) is 94.6 Å². The lowest BCUT2D eigenvalue weighted by Crippen LogP contribution is -2.39. The van der Waals surface area contributed by atoms with Gasteiger partial charge in [-0.15, -0.1) is 11.3 Å². The third-order valence-corrected chi connectivity index (χ3v) is 6.39. The van der Waals surface area contributed by atoms with Crippen LogP contribution in [0.25, 0.3) is 10.2 Å². The third-order valence-electron chi connectivity index (χ3n) is 5.19. The molecule has 0 unspecified atom stereocenters. The number of methoxy groups -OCH3 is 1. The number of benzene rings is 1. The van der Waals surface area contributed by atoms with E-state index in [2.05, 4.69) is 26.7 Å². The van der Waals surface area contributed by atoms with E-state index < -0.39 is 0 Å². The Hall–Kier alpha value is -2.75. The van der Waals surface area contributed by atoms with Gasteiger partial charge in [-0.1, -0.05) is 18.2 Å². The van der Waals surface area contributed by atoms with Crippen LogP contribution in [0.4, 0.5) is 5.82 Å². The summed E-state index contributed by atoms with van der Waals surface area (Å²) in [4.78, 5) is 23.0. The Morgan fingerprint density at radius 3 is 2.97 bits per heavy atom. The van der Waals surface area contributed by atoms with E-state index in [1.165, 1.54) is 17.7 Å². The number of carbonyl (C=O) groups is 1. The zero-order valence-corrected chi connectivity index (χ0v) is 18.5. The Balaban J connectivity index is 1.45. The Kier molecular flexibility index (Phi) is 6.96. The number of ether oxygens (including phenoxy) is 3. The lowest BCUT2D eigenvalue weighted by molar-refractivity contribution is -0.0855. The third kappa shape index (κ3) is 4.95. The van der Waals surface area contributed by atoms with Crippen LogP contribution in [0.5, 0.6) is 5.75 Å². The first kappa shape index (κ1) is 21.5. The average Bonchev–Trinajstić information content (AvgIpc) is 3.16. The van der Waals surface area contributed by atoms with E-state index in [1.54, 1.807) is 7.11 Å². The number of thiophene rings is 1. The normalized spacial score (nSPS) is 16.3. The van der Waals surface area contributed by atoms with Gasteiger partial charge in [-0.3, -0.25) is 4.79 Å². The van der Waals surface area contributed by atoms with Crippen LogP contribution in [-0.2, 0) is 15.9 Å². The van der Waals surface area contributed by atoms with Crippen molar-refractivity contribution < 1.29 is 19.0 Å². The number of hydrogen-bond donors (Lipinski definition) is 2. The minimum Gasteiger partial charge on any atom is -0.496 e. The quantitative estimate of drug-likeness (QED) is 0.554. The Morgan fingerprint density at radius 2 is 2.16 bits per heavy atom. The van der Waals surface area contributed by atoms with Crippen molar-refractivity contribution in [3.63, 3.8) is 0 Å². The predicted octanol–water partition coefficient (Wildman–Crippen LogP) is 2.81. The second kappa shape index (κ2) is 10.0. The lowest BCUT2D eigenvalue weighted by Gasteiger charge is -2.22. The second-order valence-corrected chi connectivity index (χ2v) is 8.22. The Bertz CT molecular complexity index is 1050. The summed E-state index contributed by atoms with van der Waals surface area (Å²) < 4.78 is 16.4. The molecule has 9 heteroatoms. The molecule has 1 aliphatic rings. The number of nitrogens with zero attached hydrogens (tertiary/aromatic N) is 2. The van der Waals surface area contributed by atoms with Crippen molar-refractivity contribution in [2.24, 2.45) is 0 Å². The van der Waals surface area contributed by atoms with Crippen molar-refractivity contribution in [1.29, 1.82) is 0 Å². The molecule has 8 nitrogen and oxygen atoms in total. The van der Waals surface area contributed by atoms with Gasteiger partial charge in [-0.2, -0.15) is 0 Å². The summed E-state index contributed by atoms with van der Waals surface area (Å²) in [5.41, 5.74) is 2.00. The Labute approximate surface area is 184 Å². The molecular weight excluding hydrogens is 416 g/mol. The average molecular weight is 443 g/mol. The molecule has 0 saturated carbocycles. The van der Waals surface area contributed by atoms with Crippen LogP contribution in [0.1, 0.15) is 20.8 Å². The molecule has 31 heavy (non-hydrogen) atoms. The van der Waals surface area contributed by atoms with Crippen LogP contribution in [-0.4, -0.2) is 62.0 Å². The van der Waals surface area contributed by atoms with E-state index in [1.807, 2.05) is 25.1 Å². The van der Waals surface area contributed by atoms with E-state index in [4.69, 9.17) is 14.2 Å². The minimum absolute atomic E-state index is 0.112. The highest BCUT2D eigenvalue weighted by atomic mass is 32.1. The second-order valence-electron chi connectivity index (χ2n) is 7.22. The first-order valence-electron chi connectivity index (χ1n) is 10.2. The van der Waals surface area contributed by atoms with Gasteiger partial charge in [0.05, 0.1) is 43.3 Å². The van der Waals surface area contributed by atoms with Gasteiger partial charge >= 0.3 is 0 Å². The zero-order chi connectivity index (χ0) is 21.6. The largest absolute Gasteiger partial charge is 0.496 e. The summed E-state index contributed by atoms with van der Waals surface area (Å²) in [6.45, 7) is 4.69. The molecule has 0 aliphatic carbocycles. The highest BCUT2D eigenvalue weighted by molar-refractivity contribution is 7.20. The molecule has 3 aromatic rings. The van der Waals surface area contributed by atoms with E-state index in [0.29, 0.717) is 37.8 Å². The molecule has 1 saturated heterocycles. The number of aryl methyl sites for hydroxylation is 1. The van der Waals surface area contributed by atoms with Gasteiger partial charge in [0, 0.05) is 13.1 Å². The first-order chi connectivity index (χ1) is 15.2. The molecule has 0 spiro atoms. The molecule has 2 N–H and O–H groups in total. The van der Waals surface area contributed by atoms with Crippen LogP contribution in [0.2, 0.25) is 0 Å². The van der Waals surface area contributed by atoms with Gasteiger partial charge in [-0.25, -0.2) is 9.97 Å². The van der Waals surface area contributed by atoms with Gasteiger partial charge in [0.2, 0.25) is 0 Å². The van der Waals surface area contributed by atoms with Gasteiger partial charge < -0.3 is 24.8 Å². The van der Waals surface area contributed by atoms with Gasteiger partial charge in [0.15, 0.2) is 0 Å². The fourth-order valence-corrected chi connectivity index (χ4v) is 4.65. The van der Waals surface area contributed by atoms with Gasteiger partial charge in [0.25, 0.3) is 5.91 Å². The summed E-state index contributed by atoms with van der Waals surface area (Å²) in [6.07, 6.45) is 2.20. The van der Waals surface area contributed by atoms with Crippen molar-refractivity contribution >= 4 is 33.3 Å². The molecule has 3 heterocycles. The minimum atomic E-state index is -0.130. The van der Waals surface area contributed by atoms with Crippen LogP contribution < -0.4 is 15.4 Å². The molecule has 2 aromatic heterocycles. The summed E-state index contributed by atoms with van der Waals surface area (Å²) >= 11 is 1.37. The monoisotopic (exact) mass is 442 g/mol. The van der Waals surface area contributed by atoms with E-state index >= 15 is 0 Å². The first-order valence-corrected chi connectivity index (χ1v) is 11.1. The number of para-hydroxylation sites is 1. The molecule has 4 rings (SSSR count). The molecule has 1 aromatic carbocycles. The molecule has 1 fully saturated rings. The number of nitrogens with one attached hydrogen (secondary N) is 2. The molecule has 0 radical (unpaired) electrons. The number of fused-ring (bicyclic) bond motifs is 1. The molecule has 0 bridgehead atoms. The fourth-order valence-electron chi connectivity index (χ4n) is 3.59. The summed E-state index contributed by atoms with van der Waals surface area (Å²) in [7, 11) is 1.68. The highest BCUT2D eigenvalue weighted by Gasteiger charge is 2.21. The van der Waals surface area contributed by atoms with E-state index in [9.17, 15) is 4.79 Å². The molecule has 1 atom stereocenters. The van der Waals surface area contributed by atoms with Crippen molar-refractivity contribution in [3.05, 3.63) is 46.6 Å². The molecule has 1 amide bonds. The Morgan fingerprint density at radius 1 is 1.29 bits per heavy atom. The number of hydrogen-bond acceptors (Lipinski definition) is 8. The summed E-state index contributed by atoms with van der Waals surface area (Å²) in [5, 5.41) is 7.23. The van der Waals surface area contributed by atoms with Crippen LogP contribution in [0.15, 0.2) is 30.6 Å². The van der Waals surface area contributed by atoms with E-state index in [0.717, 1.165) is 39.3 Å². The maximum Gasteiger partial charge on any atom is 0.261 e. The van der Waals surface area contributed by atoms with Crippen molar-refractivity contribution in [2.45, 2.75) is 19.4 Å². The standard InChI is InChI=1S/C22H26N4O4S/c1-14-18-20(23-8-7-15-5-3-4-6-17(15)28-2)25-13-26-22(18)31-19(14)21(27)24-11-16-12-29-9-10-30-16/h3-6,13,16H,7-12H2,1-2H3,(H,24,27)(H,23,25,26)/t16-/m1/s1. The van der Waals surface area contributed by atoms with E-state index in [-0.39, 0.29) is 12.0 Å². The number of carbonyl (C=O) groups excluding carboxylic acids is 1. The number of rotatable bonds is 8. The van der Waals surface area contributed by atoms with Crippen molar-refractivity contribution in [2.75, 3.05) is 45.3 Å². The zero-order valence-electron chi connectivity index (χ0n) is 17.6. The molecule has 164 valence electrons. The maximum atomic E-state index is 12.8. The van der Waals surface area contributed by atoms with Crippen LogP contribution in [0.3, 0.4) is 0 Å². The fraction of sp³-hybridized carbons (Fsp3) is 0.409. The maximum absolute atomic E-state index is 12.8. The predicted molar refractivity (Wildman–Crippen MR) is 120 cm³/mol. The number of anilines is 1. The number of aromatic nitrogens is 2. The SMILES string of the molecule is COc1ccccc1CCNc1ncnc2sc(C(=O)NC[C@@H]3COCCO3)c(C)c12. The highest BCUT2D eigenvalue weighted by Crippen LogP contribution is 2.33. The molecule has 1 aliphatic heterocycles. The van der Waals surface area contributed by atoms with Crippen LogP contribution >= 0.6 is 11.3 Å².